The highest BCUT2D eigenvalue weighted by molar-refractivity contribution is 14.1. The number of anilines is 1. The first-order chi connectivity index (χ1) is 8.74. The van der Waals surface area contributed by atoms with Gasteiger partial charge < -0.3 is 15.2 Å². The molecule has 1 unspecified atom stereocenters. The van der Waals surface area contributed by atoms with Gasteiger partial charge in [-0.05, 0) is 53.6 Å². The standard InChI is InChI=1S/C14H20INO2/c15-11-4-3-5-12(8-11)16-9-13(17)10-18-14-6-1-2-7-14/h3-5,8,13-14,16-17H,1-2,6-7,9-10H2. The average molecular weight is 361 g/mol. The summed E-state index contributed by atoms with van der Waals surface area (Å²) in [4.78, 5) is 0. The van der Waals surface area contributed by atoms with E-state index in [1.54, 1.807) is 0 Å². The fourth-order valence-corrected chi connectivity index (χ4v) is 2.74. The van der Waals surface area contributed by atoms with Crippen LogP contribution in [0.15, 0.2) is 24.3 Å². The maximum absolute atomic E-state index is 9.85. The van der Waals surface area contributed by atoms with Crippen LogP contribution in [-0.2, 0) is 4.74 Å². The van der Waals surface area contributed by atoms with Crippen molar-refractivity contribution in [2.75, 3.05) is 18.5 Å². The molecule has 0 aromatic heterocycles. The molecule has 0 radical (unpaired) electrons. The Kier molecular flexibility index (Phi) is 5.72. The monoisotopic (exact) mass is 361 g/mol. The number of halogens is 1. The third-order valence-corrected chi connectivity index (χ3v) is 3.86. The quantitative estimate of drug-likeness (QED) is 0.766. The molecule has 2 rings (SSSR count). The molecule has 1 aromatic carbocycles. The summed E-state index contributed by atoms with van der Waals surface area (Å²) in [6.45, 7) is 0.967. The smallest absolute Gasteiger partial charge is 0.0945 e. The molecular formula is C14H20INO2. The Morgan fingerprint density at radius 1 is 1.39 bits per heavy atom. The molecule has 1 fully saturated rings. The Bertz CT molecular complexity index is 367. The van der Waals surface area contributed by atoms with E-state index in [9.17, 15) is 5.11 Å². The molecule has 18 heavy (non-hydrogen) atoms. The summed E-state index contributed by atoms with van der Waals surface area (Å²) in [6.07, 6.45) is 4.76. The van der Waals surface area contributed by atoms with Gasteiger partial charge >= 0.3 is 0 Å². The van der Waals surface area contributed by atoms with Crippen LogP contribution in [0.1, 0.15) is 25.7 Å². The molecule has 4 heteroatoms. The highest BCUT2D eigenvalue weighted by Crippen LogP contribution is 2.21. The van der Waals surface area contributed by atoms with Crippen molar-refractivity contribution in [2.24, 2.45) is 0 Å². The first kappa shape index (κ1) is 14.1. The second-order valence-corrected chi connectivity index (χ2v) is 6.03. The van der Waals surface area contributed by atoms with Gasteiger partial charge in [-0.1, -0.05) is 18.9 Å². The molecule has 0 heterocycles. The minimum Gasteiger partial charge on any atom is -0.389 e. The van der Waals surface area contributed by atoms with Crippen LogP contribution in [0.3, 0.4) is 0 Å². The van der Waals surface area contributed by atoms with Gasteiger partial charge in [-0.15, -0.1) is 0 Å². The first-order valence-electron chi connectivity index (χ1n) is 6.53. The summed E-state index contributed by atoms with van der Waals surface area (Å²) in [5, 5.41) is 13.1. The van der Waals surface area contributed by atoms with Crippen molar-refractivity contribution in [1.29, 1.82) is 0 Å². The maximum Gasteiger partial charge on any atom is 0.0945 e. The predicted molar refractivity (Wildman–Crippen MR) is 81.9 cm³/mol. The van der Waals surface area contributed by atoms with Gasteiger partial charge in [-0.25, -0.2) is 0 Å². The summed E-state index contributed by atoms with van der Waals surface area (Å²) in [5.74, 6) is 0. The molecule has 1 aliphatic rings. The van der Waals surface area contributed by atoms with Crippen LogP contribution in [0.2, 0.25) is 0 Å². The van der Waals surface area contributed by atoms with Crippen molar-refractivity contribution in [3.63, 3.8) is 0 Å². The lowest BCUT2D eigenvalue weighted by molar-refractivity contribution is -0.00117. The van der Waals surface area contributed by atoms with Crippen molar-refractivity contribution in [3.05, 3.63) is 27.8 Å². The van der Waals surface area contributed by atoms with Gasteiger partial charge in [-0.2, -0.15) is 0 Å². The molecule has 1 aliphatic carbocycles. The van der Waals surface area contributed by atoms with Gasteiger partial charge in [0, 0.05) is 15.8 Å². The lowest BCUT2D eigenvalue weighted by atomic mass is 10.3. The zero-order valence-corrected chi connectivity index (χ0v) is 12.6. The maximum atomic E-state index is 9.85. The van der Waals surface area contributed by atoms with Crippen LogP contribution in [0.25, 0.3) is 0 Å². The Morgan fingerprint density at radius 2 is 2.17 bits per heavy atom. The Balaban J connectivity index is 1.66. The lowest BCUT2D eigenvalue weighted by Crippen LogP contribution is -2.27. The molecule has 3 nitrogen and oxygen atoms in total. The fourth-order valence-electron chi connectivity index (χ4n) is 2.20. The zero-order valence-electron chi connectivity index (χ0n) is 10.4. The highest BCUT2D eigenvalue weighted by atomic mass is 127. The van der Waals surface area contributed by atoms with E-state index in [1.165, 1.54) is 16.4 Å². The van der Waals surface area contributed by atoms with E-state index >= 15 is 0 Å². The van der Waals surface area contributed by atoms with Crippen LogP contribution >= 0.6 is 22.6 Å². The average Bonchev–Trinajstić information content (AvgIpc) is 2.87. The van der Waals surface area contributed by atoms with E-state index in [2.05, 4.69) is 34.0 Å². The molecule has 1 aromatic rings. The van der Waals surface area contributed by atoms with Crippen molar-refractivity contribution < 1.29 is 9.84 Å². The number of ether oxygens (including phenoxy) is 1. The molecule has 0 aliphatic heterocycles. The number of rotatable bonds is 6. The number of hydrogen-bond acceptors (Lipinski definition) is 3. The van der Waals surface area contributed by atoms with Gasteiger partial charge in [0.15, 0.2) is 0 Å². The van der Waals surface area contributed by atoms with Gasteiger partial charge in [-0.3, -0.25) is 0 Å². The topological polar surface area (TPSA) is 41.5 Å². The van der Waals surface area contributed by atoms with Gasteiger partial charge in [0.25, 0.3) is 0 Å². The number of hydrogen-bond donors (Lipinski definition) is 2. The van der Waals surface area contributed by atoms with Crippen molar-refractivity contribution >= 4 is 28.3 Å². The van der Waals surface area contributed by atoms with Crippen molar-refractivity contribution in [1.82, 2.24) is 0 Å². The molecule has 0 spiro atoms. The molecule has 0 bridgehead atoms. The molecular weight excluding hydrogens is 341 g/mol. The summed E-state index contributed by atoms with van der Waals surface area (Å²) < 4.78 is 6.87. The third-order valence-electron chi connectivity index (χ3n) is 3.19. The Morgan fingerprint density at radius 3 is 2.89 bits per heavy atom. The summed E-state index contributed by atoms with van der Waals surface area (Å²) in [6, 6.07) is 8.12. The Hall–Kier alpha value is -0.330. The fraction of sp³-hybridized carbons (Fsp3) is 0.571. The van der Waals surface area contributed by atoms with Gasteiger partial charge in [0.1, 0.15) is 0 Å². The summed E-state index contributed by atoms with van der Waals surface area (Å²) in [5.41, 5.74) is 1.04. The second-order valence-electron chi connectivity index (χ2n) is 4.78. The van der Waals surface area contributed by atoms with E-state index in [1.807, 2.05) is 18.2 Å². The molecule has 1 atom stereocenters. The van der Waals surface area contributed by atoms with E-state index in [0.717, 1.165) is 18.5 Å². The van der Waals surface area contributed by atoms with E-state index < -0.39 is 6.10 Å². The van der Waals surface area contributed by atoms with Crippen LogP contribution in [-0.4, -0.2) is 30.5 Å². The van der Waals surface area contributed by atoms with Gasteiger partial charge in [0.05, 0.1) is 18.8 Å². The van der Waals surface area contributed by atoms with Crippen LogP contribution < -0.4 is 5.32 Å². The Labute approximate surface area is 122 Å². The van der Waals surface area contributed by atoms with Gasteiger partial charge in [0.2, 0.25) is 0 Å². The van der Waals surface area contributed by atoms with E-state index in [-0.39, 0.29) is 0 Å². The summed E-state index contributed by atoms with van der Waals surface area (Å²) in [7, 11) is 0. The van der Waals surface area contributed by atoms with E-state index in [0.29, 0.717) is 19.3 Å². The molecule has 0 amide bonds. The number of nitrogens with one attached hydrogen (secondary N) is 1. The minimum absolute atomic E-state index is 0.373. The number of aliphatic hydroxyl groups excluding tert-OH is 1. The summed E-state index contributed by atoms with van der Waals surface area (Å²) >= 11 is 2.28. The largest absolute Gasteiger partial charge is 0.389 e. The third kappa shape index (κ3) is 4.74. The predicted octanol–water partition coefficient (Wildman–Crippen LogP) is 3.02. The van der Waals surface area contributed by atoms with E-state index in [4.69, 9.17) is 4.74 Å². The SMILES string of the molecule is OC(CNc1cccc(I)c1)COC1CCCC1. The highest BCUT2D eigenvalue weighted by Gasteiger charge is 2.16. The molecule has 0 saturated heterocycles. The number of benzene rings is 1. The molecule has 100 valence electrons. The van der Waals surface area contributed by atoms with Crippen molar-refractivity contribution in [3.8, 4) is 0 Å². The molecule has 2 N–H and O–H groups in total. The second kappa shape index (κ2) is 7.31. The number of aliphatic hydroxyl groups is 1. The van der Waals surface area contributed by atoms with Crippen LogP contribution in [0.5, 0.6) is 0 Å². The van der Waals surface area contributed by atoms with Crippen LogP contribution in [0, 0.1) is 3.57 Å². The van der Waals surface area contributed by atoms with Crippen molar-refractivity contribution in [2.45, 2.75) is 37.9 Å². The normalized spacial score (nSPS) is 17.9. The minimum atomic E-state index is -0.441. The molecule has 1 saturated carbocycles. The zero-order chi connectivity index (χ0) is 12.8. The first-order valence-corrected chi connectivity index (χ1v) is 7.61. The van der Waals surface area contributed by atoms with Crippen LogP contribution in [0.4, 0.5) is 5.69 Å². The lowest BCUT2D eigenvalue weighted by Gasteiger charge is -2.16.